The zero-order chi connectivity index (χ0) is 14.7. The number of carbonyl (C=O) groups is 1. The van der Waals surface area contributed by atoms with Gasteiger partial charge in [0.25, 0.3) is 0 Å². The highest BCUT2D eigenvalue weighted by molar-refractivity contribution is 5.48. The first kappa shape index (κ1) is 19.4. The summed E-state index contributed by atoms with van der Waals surface area (Å²) in [6.07, 6.45) is 25.1. The van der Waals surface area contributed by atoms with Crippen LogP contribution in [0.3, 0.4) is 0 Å². The molecule has 20 heavy (non-hydrogen) atoms. The average molecular weight is 280 g/mol. The molecule has 0 rings (SSSR count). The minimum Gasteiger partial charge on any atom is -0.303 e. The van der Waals surface area contributed by atoms with Crippen LogP contribution in [0.1, 0.15) is 103 Å². The summed E-state index contributed by atoms with van der Waals surface area (Å²) >= 11 is 0. The van der Waals surface area contributed by atoms with Crippen LogP contribution in [0.2, 0.25) is 0 Å². The second-order valence-electron chi connectivity index (χ2n) is 5.89. The Labute approximate surface area is 127 Å². The smallest absolute Gasteiger partial charge is 0.119 e. The third-order valence-corrected chi connectivity index (χ3v) is 3.83. The van der Waals surface area contributed by atoms with E-state index in [0.29, 0.717) is 0 Å². The van der Waals surface area contributed by atoms with Gasteiger partial charge in [0.15, 0.2) is 0 Å². The molecule has 0 fully saturated rings. The van der Waals surface area contributed by atoms with Gasteiger partial charge in [-0.15, -0.1) is 0 Å². The molecule has 0 aliphatic rings. The Balaban J connectivity index is 3.03. The second-order valence-corrected chi connectivity index (χ2v) is 5.89. The number of rotatable bonds is 16. The first-order valence-electron chi connectivity index (χ1n) is 9.00. The maximum Gasteiger partial charge on any atom is 0.119 e. The highest BCUT2D eigenvalue weighted by Gasteiger charge is 1.91. The van der Waals surface area contributed by atoms with E-state index >= 15 is 0 Å². The summed E-state index contributed by atoms with van der Waals surface area (Å²) in [7, 11) is 0. The van der Waals surface area contributed by atoms with E-state index in [-0.39, 0.29) is 0 Å². The first-order valence-corrected chi connectivity index (χ1v) is 9.00. The Morgan fingerprint density at radius 1 is 0.550 bits per heavy atom. The van der Waals surface area contributed by atoms with Crippen molar-refractivity contribution in [2.75, 3.05) is 0 Å². The highest BCUT2D eigenvalue weighted by Crippen LogP contribution is 2.10. The number of allylic oxidation sites excluding steroid dienone is 2. The molecule has 118 valence electrons. The van der Waals surface area contributed by atoms with Crippen LogP contribution in [-0.4, -0.2) is 6.29 Å². The lowest BCUT2D eigenvalue weighted by Crippen LogP contribution is -1.81. The van der Waals surface area contributed by atoms with E-state index in [4.69, 9.17) is 0 Å². The third kappa shape index (κ3) is 17.4. The van der Waals surface area contributed by atoms with E-state index in [2.05, 4.69) is 19.1 Å². The number of hydrogen-bond acceptors (Lipinski definition) is 1. The molecule has 0 saturated carbocycles. The fourth-order valence-corrected chi connectivity index (χ4v) is 2.48. The van der Waals surface area contributed by atoms with Gasteiger partial charge in [-0.3, -0.25) is 0 Å². The molecule has 1 heteroatoms. The summed E-state index contributed by atoms with van der Waals surface area (Å²) < 4.78 is 0. The predicted molar refractivity (Wildman–Crippen MR) is 90.1 cm³/mol. The van der Waals surface area contributed by atoms with E-state index in [1.54, 1.807) is 0 Å². The number of unbranched alkanes of at least 4 members (excludes halogenated alkanes) is 13. The van der Waals surface area contributed by atoms with Crippen LogP contribution in [0.15, 0.2) is 12.2 Å². The zero-order valence-corrected chi connectivity index (χ0v) is 13.7. The molecule has 0 spiro atoms. The number of hydrogen-bond donors (Lipinski definition) is 0. The van der Waals surface area contributed by atoms with Crippen molar-refractivity contribution in [3.63, 3.8) is 0 Å². The molecule has 0 amide bonds. The van der Waals surface area contributed by atoms with Gasteiger partial charge in [-0.25, -0.2) is 0 Å². The zero-order valence-electron chi connectivity index (χ0n) is 13.7. The summed E-state index contributed by atoms with van der Waals surface area (Å²) in [6, 6.07) is 0. The second kappa shape index (κ2) is 18.4. The van der Waals surface area contributed by atoms with Crippen LogP contribution in [0, 0.1) is 0 Å². The highest BCUT2D eigenvalue weighted by atomic mass is 16.1. The molecule has 0 aromatic heterocycles. The van der Waals surface area contributed by atoms with Gasteiger partial charge in [-0.1, -0.05) is 76.9 Å². The van der Waals surface area contributed by atoms with Crippen LogP contribution < -0.4 is 0 Å². The van der Waals surface area contributed by atoms with Gasteiger partial charge < -0.3 is 4.79 Å². The molecule has 0 aliphatic heterocycles. The van der Waals surface area contributed by atoms with Crippen LogP contribution in [0.4, 0.5) is 0 Å². The topological polar surface area (TPSA) is 17.1 Å². The van der Waals surface area contributed by atoms with Crippen LogP contribution >= 0.6 is 0 Å². The average Bonchev–Trinajstić information content (AvgIpc) is 2.47. The molecular weight excluding hydrogens is 244 g/mol. The van der Waals surface area contributed by atoms with E-state index in [9.17, 15) is 4.79 Å². The van der Waals surface area contributed by atoms with Gasteiger partial charge in [0.2, 0.25) is 0 Å². The molecule has 0 N–H and O–H groups in total. The lowest BCUT2D eigenvalue weighted by Gasteiger charge is -1.99. The lowest BCUT2D eigenvalue weighted by molar-refractivity contribution is -0.107. The molecular formula is C19H36O. The fraction of sp³-hybridized carbons (Fsp3) is 0.842. The van der Waals surface area contributed by atoms with Crippen molar-refractivity contribution >= 4 is 6.29 Å². The van der Waals surface area contributed by atoms with E-state index < -0.39 is 0 Å². The van der Waals surface area contributed by atoms with Gasteiger partial charge in [0.1, 0.15) is 6.29 Å². The van der Waals surface area contributed by atoms with E-state index in [1.165, 1.54) is 83.5 Å². The Morgan fingerprint density at radius 2 is 0.950 bits per heavy atom. The fourth-order valence-electron chi connectivity index (χ4n) is 2.48. The number of carbonyl (C=O) groups excluding carboxylic acids is 1. The van der Waals surface area contributed by atoms with E-state index in [0.717, 1.165) is 19.1 Å². The van der Waals surface area contributed by atoms with Crippen molar-refractivity contribution in [2.45, 2.75) is 103 Å². The van der Waals surface area contributed by atoms with Crippen molar-refractivity contribution in [3.05, 3.63) is 12.2 Å². The maximum absolute atomic E-state index is 10.1. The van der Waals surface area contributed by atoms with Gasteiger partial charge in [-0.2, -0.15) is 0 Å². The lowest BCUT2D eigenvalue weighted by atomic mass is 10.1. The van der Waals surface area contributed by atoms with Crippen molar-refractivity contribution in [1.82, 2.24) is 0 Å². The first-order chi connectivity index (χ1) is 9.91. The number of aldehydes is 1. The van der Waals surface area contributed by atoms with Crippen LogP contribution in [0.25, 0.3) is 0 Å². The largest absolute Gasteiger partial charge is 0.303 e. The van der Waals surface area contributed by atoms with Crippen molar-refractivity contribution in [2.24, 2.45) is 0 Å². The van der Waals surface area contributed by atoms with E-state index in [1.807, 2.05) is 0 Å². The molecule has 0 atom stereocenters. The molecule has 0 aromatic carbocycles. The maximum atomic E-state index is 10.1. The predicted octanol–water partition coefficient (Wildman–Crippen LogP) is 6.61. The molecule has 0 heterocycles. The minimum atomic E-state index is 0.751. The van der Waals surface area contributed by atoms with Crippen LogP contribution in [0.5, 0.6) is 0 Å². The van der Waals surface area contributed by atoms with Gasteiger partial charge in [0.05, 0.1) is 0 Å². The summed E-state index contributed by atoms with van der Waals surface area (Å²) in [4.78, 5) is 10.1. The van der Waals surface area contributed by atoms with Crippen molar-refractivity contribution in [1.29, 1.82) is 0 Å². The summed E-state index contributed by atoms with van der Waals surface area (Å²) in [5.74, 6) is 0. The van der Waals surface area contributed by atoms with Gasteiger partial charge >= 0.3 is 0 Å². The molecule has 0 aliphatic carbocycles. The summed E-state index contributed by atoms with van der Waals surface area (Å²) in [6.45, 7) is 2.27. The molecule has 0 saturated heterocycles. The minimum absolute atomic E-state index is 0.751. The monoisotopic (exact) mass is 280 g/mol. The van der Waals surface area contributed by atoms with Gasteiger partial charge in [0, 0.05) is 6.42 Å². The normalized spacial score (nSPS) is 11.2. The van der Waals surface area contributed by atoms with Crippen LogP contribution in [-0.2, 0) is 4.79 Å². The Hall–Kier alpha value is -0.590. The standard InChI is InChI=1S/C19H36O/c1-2-3-4-5-6-7-8-9-10-11-12-13-14-15-16-17-18-19-20/h9-10,19H,2-8,11-18H2,1H3/b10-9+. The summed E-state index contributed by atoms with van der Waals surface area (Å²) in [5.41, 5.74) is 0. The Morgan fingerprint density at radius 3 is 1.40 bits per heavy atom. The molecule has 0 bridgehead atoms. The summed E-state index contributed by atoms with van der Waals surface area (Å²) in [5, 5.41) is 0. The molecule has 0 aromatic rings. The van der Waals surface area contributed by atoms with Crippen molar-refractivity contribution in [3.8, 4) is 0 Å². The SMILES string of the molecule is CCCCCCCC/C=C/CCCCCCCCC=O. The molecule has 0 radical (unpaired) electrons. The molecule has 1 nitrogen and oxygen atoms in total. The quantitative estimate of drug-likeness (QED) is 0.176. The van der Waals surface area contributed by atoms with Gasteiger partial charge in [-0.05, 0) is 32.1 Å². The Kier molecular flexibility index (Phi) is 17.9. The van der Waals surface area contributed by atoms with Crippen molar-refractivity contribution < 1.29 is 4.79 Å². The molecule has 0 unspecified atom stereocenters. The third-order valence-electron chi connectivity index (χ3n) is 3.83. The Bertz CT molecular complexity index is 208.